The first-order chi connectivity index (χ1) is 4.41. The maximum absolute atomic E-state index is 6.54. The van der Waals surface area contributed by atoms with Crippen molar-refractivity contribution in [3.8, 4) is 0 Å². The first-order valence-electron chi connectivity index (χ1n) is 3.52. The predicted octanol–water partition coefficient (Wildman–Crippen LogP) is 2.19. The second-order valence-corrected chi connectivity index (χ2v) is 2.05. The van der Waals surface area contributed by atoms with E-state index in [0.29, 0.717) is 6.61 Å². The molecule has 2 nitrogen and oxygen atoms in total. The molecular weight excluding hydrogens is 114 g/mol. The lowest BCUT2D eigenvalue weighted by Gasteiger charge is -1.96. The lowest BCUT2D eigenvalue weighted by atomic mass is 10.2. The van der Waals surface area contributed by atoms with Crippen molar-refractivity contribution in [2.24, 2.45) is 0 Å². The third-order valence-electron chi connectivity index (χ3n) is 1.20. The molecule has 2 heteroatoms. The Kier molecular flexibility index (Phi) is 7.03. The fraction of sp³-hybridized carbons (Fsp3) is 0.857. The normalized spacial score (nSPS) is 9.00. The van der Waals surface area contributed by atoms with Crippen molar-refractivity contribution in [3.05, 3.63) is 0 Å². The second-order valence-electron chi connectivity index (χ2n) is 2.05. The SMILES string of the molecule is CCCCCCOC=N. The zero-order chi connectivity index (χ0) is 6.95. The van der Waals surface area contributed by atoms with Crippen LogP contribution in [0.15, 0.2) is 0 Å². The van der Waals surface area contributed by atoms with Gasteiger partial charge in [-0.25, -0.2) is 0 Å². The molecule has 0 radical (unpaired) electrons. The van der Waals surface area contributed by atoms with E-state index >= 15 is 0 Å². The number of rotatable bonds is 6. The van der Waals surface area contributed by atoms with Crippen molar-refractivity contribution in [2.45, 2.75) is 32.6 Å². The van der Waals surface area contributed by atoms with Gasteiger partial charge in [0, 0.05) is 0 Å². The van der Waals surface area contributed by atoms with Gasteiger partial charge in [-0.05, 0) is 6.42 Å². The quantitative estimate of drug-likeness (QED) is 0.333. The summed E-state index contributed by atoms with van der Waals surface area (Å²) in [4.78, 5) is 0. The molecule has 0 aliphatic rings. The van der Waals surface area contributed by atoms with Crippen LogP contribution in [0.5, 0.6) is 0 Å². The van der Waals surface area contributed by atoms with Crippen LogP contribution in [0.25, 0.3) is 0 Å². The Labute approximate surface area is 56.7 Å². The monoisotopic (exact) mass is 129 g/mol. The van der Waals surface area contributed by atoms with Gasteiger partial charge in [-0.2, -0.15) is 0 Å². The zero-order valence-electron chi connectivity index (χ0n) is 6.02. The maximum atomic E-state index is 6.54. The lowest BCUT2D eigenvalue weighted by Crippen LogP contribution is -1.89. The van der Waals surface area contributed by atoms with Crippen LogP contribution in [0.2, 0.25) is 0 Å². The third-order valence-corrected chi connectivity index (χ3v) is 1.20. The number of nitrogens with one attached hydrogen (secondary N) is 1. The predicted molar refractivity (Wildman–Crippen MR) is 38.9 cm³/mol. The zero-order valence-corrected chi connectivity index (χ0v) is 6.02. The van der Waals surface area contributed by atoms with Crippen LogP contribution in [0.4, 0.5) is 0 Å². The van der Waals surface area contributed by atoms with E-state index in [1.807, 2.05) is 0 Å². The highest BCUT2D eigenvalue weighted by Gasteiger charge is 1.84. The number of ether oxygens (including phenoxy) is 1. The van der Waals surface area contributed by atoms with Crippen molar-refractivity contribution in [1.82, 2.24) is 0 Å². The van der Waals surface area contributed by atoms with E-state index in [0.717, 1.165) is 12.8 Å². The minimum Gasteiger partial charge on any atom is -0.484 e. The lowest BCUT2D eigenvalue weighted by molar-refractivity contribution is 0.304. The van der Waals surface area contributed by atoms with Gasteiger partial charge in [-0.1, -0.05) is 26.2 Å². The Morgan fingerprint density at radius 3 is 2.67 bits per heavy atom. The molecule has 0 aromatic heterocycles. The van der Waals surface area contributed by atoms with Crippen LogP contribution in [-0.4, -0.2) is 13.0 Å². The van der Waals surface area contributed by atoms with Gasteiger partial charge in [0.25, 0.3) is 0 Å². The van der Waals surface area contributed by atoms with Crippen LogP contribution in [0.1, 0.15) is 32.6 Å². The molecule has 9 heavy (non-hydrogen) atoms. The van der Waals surface area contributed by atoms with E-state index in [9.17, 15) is 0 Å². The number of hydrogen-bond acceptors (Lipinski definition) is 2. The Morgan fingerprint density at radius 2 is 2.11 bits per heavy atom. The summed E-state index contributed by atoms with van der Waals surface area (Å²) in [5, 5.41) is 6.54. The van der Waals surface area contributed by atoms with Gasteiger partial charge in [0.15, 0.2) is 6.40 Å². The molecule has 0 fully saturated rings. The fourth-order valence-corrected chi connectivity index (χ4v) is 0.671. The van der Waals surface area contributed by atoms with Gasteiger partial charge in [0.1, 0.15) is 0 Å². The molecule has 0 saturated carbocycles. The Hall–Kier alpha value is -0.530. The summed E-state index contributed by atoms with van der Waals surface area (Å²) >= 11 is 0. The summed E-state index contributed by atoms with van der Waals surface area (Å²) in [7, 11) is 0. The van der Waals surface area contributed by atoms with Gasteiger partial charge in [-0.3, -0.25) is 5.41 Å². The molecule has 1 N–H and O–H groups in total. The minimum atomic E-state index is 0.712. The van der Waals surface area contributed by atoms with E-state index in [1.165, 1.54) is 19.3 Å². The summed E-state index contributed by atoms with van der Waals surface area (Å²) in [5.74, 6) is 0. The van der Waals surface area contributed by atoms with Gasteiger partial charge in [-0.15, -0.1) is 0 Å². The highest BCUT2D eigenvalue weighted by molar-refractivity contribution is 5.40. The van der Waals surface area contributed by atoms with E-state index < -0.39 is 0 Å². The molecule has 0 rings (SSSR count). The number of unbranched alkanes of at least 4 members (excludes halogenated alkanes) is 3. The molecule has 0 amide bonds. The summed E-state index contributed by atoms with van der Waals surface area (Å²) in [6.07, 6.45) is 5.85. The van der Waals surface area contributed by atoms with Crippen LogP contribution >= 0.6 is 0 Å². The van der Waals surface area contributed by atoms with Crippen LogP contribution in [0, 0.1) is 5.41 Å². The van der Waals surface area contributed by atoms with Gasteiger partial charge in [0.05, 0.1) is 6.61 Å². The first-order valence-corrected chi connectivity index (χ1v) is 3.52. The molecule has 0 aromatic carbocycles. The van der Waals surface area contributed by atoms with Crippen molar-refractivity contribution in [1.29, 1.82) is 5.41 Å². The first kappa shape index (κ1) is 8.47. The third kappa shape index (κ3) is 7.47. The molecular formula is C7H15NO. The van der Waals surface area contributed by atoms with Gasteiger partial charge in [0.2, 0.25) is 0 Å². The summed E-state index contributed by atoms with van der Waals surface area (Å²) in [5.41, 5.74) is 0. The van der Waals surface area contributed by atoms with Crippen LogP contribution in [-0.2, 0) is 4.74 Å². The molecule has 0 atom stereocenters. The van der Waals surface area contributed by atoms with E-state index in [4.69, 9.17) is 10.1 Å². The van der Waals surface area contributed by atoms with E-state index in [1.54, 1.807) is 0 Å². The Bertz CT molecular complexity index is 63.9. The smallest absolute Gasteiger partial charge is 0.166 e. The van der Waals surface area contributed by atoms with Crippen LogP contribution < -0.4 is 0 Å². The van der Waals surface area contributed by atoms with Crippen molar-refractivity contribution < 1.29 is 4.74 Å². The van der Waals surface area contributed by atoms with Crippen LogP contribution in [0.3, 0.4) is 0 Å². The topological polar surface area (TPSA) is 33.1 Å². The van der Waals surface area contributed by atoms with Crippen molar-refractivity contribution >= 4 is 6.40 Å². The number of hydrogen-bond donors (Lipinski definition) is 1. The standard InChI is InChI=1S/C7H15NO/c1-2-3-4-5-6-9-7-8/h7-8H,2-6H2,1H3. The molecule has 54 valence electrons. The van der Waals surface area contributed by atoms with Gasteiger partial charge >= 0.3 is 0 Å². The summed E-state index contributed by atoms with van der Waals surface area (Å²) in [6.45, 7) is 2.89. The molecule has 0 bridgehead atoms. The highest BCUT2D eigenvalue weighted by atomic mass is 16.5. The molecule has 0 aromatic rings. The average molecular weight is 129 g/mol. The van der Waals surface area contributed by atoms with E-state index in [-0.39, 0.29) is 0 Å². The largest absolute Gasteiger partial charge is 0.484 e. The van der Waals surface area contributed by atoms with Crippen molar-refractivity contribution in [2.75, 3.05) is 6.61 Å². The fourth-order valence-electron chi connectivity index (χ4n) is 0.671. The molecule has 0 aliphatic carbocycles. The highest BCUT2D eigenvalue weighted by Crippen LogP contribution is 1.97. The summed E-state index contributed by atoms with van der Waals surface area (Å²) in [6, 6.07) is 0. The molecule has 0 aliphatic heterocycles. The Balaban J connectivity index is 2.66. The summed E-state index contributed by atoms with van der Waals surface area (Å²) < 4.78 is 4.72. The second kappa shape index (κ2) is 7.47. The average Bonchev–Trinajstić information content (AvgIpc) is 1.89. The molecule has 0 unspecified atom stereocenters. The molecule has 0 heterocycles. The Morgan fingerprint density at radius 1 is 1.33 bits per heavy atom. The molecule has 0 spiro atoms. The van der Waals surface area contributed by atoms with Crippen molar-refractivity contribution in [3.63, 3.8) is 0 Å². The molecule has 0 saturated heterocycles. The van der Waals surface area contributed by atoms with E-state index in [2.05, 4.69) is 6.92 Å². The maximum Gasteiger partial charge on any atom is 0.166 e. The minimum absolute atomic E-state index is 0.712. The van der Waals surface area contributed by atoms with Gasteiger partial charge < -0.3 is 4.74 Å².